The Hall–Kier alpha value is -0.930. The maximum atomic E-state index is 13.6. The molecular weight excluding hydrogens is 229 g/mol. The SMILES string of the molecule is CCOC(CC)(CC)C(N)c1ccc(C)c(F)c1. The molecule has 18 heavy (non-hydrogen) atoms. The van der Waals surface area contributed by atoms with E-state index in [1.807, 2.05) is 13.0 Å². The highest BCUT2D eigenvalue weighted by Crippen LogP contribution is 2.34. The zero-order valence-electron chi connectivity index (χ0n) is 11.8. The predicted octanol–water partition coefficient (Wildman–Crippen LogP) is 3.73. The molecule has 0 heterocycles. The van der Waals surface area contributed by atoms with Crippen LogP contribution in [0, 0.1) is 12.7 Å². The Balaban J connectivity index is 3.08. The smallest absolute Gasteiger partial charge is 0.126 e. The lowest BCUT2D eigenvalue weighted by Gasteiger charge is -2.37. The number of halogens is 1. The van der Waals surface area contributed by atoms with Crippen LogP contribution in [0.4, 0.5) is 4.39 Å². The second-order valence-electron chi connectivity index (χ2n) is 4.69. The maximum absolute atomic E-state index is 13.6. The minimum Gasteiger partial charge on any atom is -0.373 e. The van der Waals surface area contributed by atoms with E-state index in [9.17, 15) is 4.39 Å². The molecule has 0 aliphatic heterocycles. The molecule has 1 rings (SSSR count). The van der Waals surface area contributed by atoms with E-state index in [0.29, 0.717) is 12.2 Å². The first kappa shape index (κ1) is 15.1. The van der Waals surface area contributed by atoms with E-state index < -0.39 is 5.60 Å². The fourth-order valence-corrected chi connectivity index (χ4v) is 2.38. The van der Waals surface area contributed by atoms with E-state index >= 15 is 0 Å². The lowest BCUT2D eigenvalue weighted by molar-refractivity contribution is -0.0646. The highest BCUT2D eigenvalue weighted by molar-refractivity contribution is 5.27. The van der Waals surface area contributed by atoms with E-state index in [1.165, 1.54) is 6.07 Å². The van der Waals surface area contributed by atoms with E-state index in [4.69, 9.17) is 10.5 Å². The monoisotopic (exact) mass is 253 g/mol. The Morgan fingerprint density at radius 2 is 1.89 bits per heavy atom. The zero-order chi connectivity index (χ0) is 13.8. The molecule has 0 spiro atoms. The van der Waals surface area contributed by atoms with Crippen LogP contribution < -0.4 is 5.73 Å². The van der Waals surface area contributed by atoms with Crippen LogP contribution in [0.25, 0.3) is 0 Å². The van der Waals surface area contributed by atoms with Crippen molar-refractivity contribution in [2.75, 3.05) is 6.61 Å². The molecule has 102 valence electrons. The van der Waals surface area contributed by atoms with Crippen molar-refractivity contribution >= 4 is 0 Å². The first-order valence-corrected chi connectivity index (χ1v) is 6.66. The summed E-state index contributed by atoms with van der Waals surface area (Å²) in [7, 11) is 0. The number of benzene rings is 1. The molecule has 2 N–H and O–H groups in total. The summed E-state index contributed by atoms with van der Waals surface area (Å²) >= 11 is 0. The van der Waals surface area contributed by atoms with Gasteiger partial charge >= 0.3 is 0 Å². The zero-order valence-corrected chi connectivity index (χ0v) is 11.8. The quantitative estimate of drug-likeness (QED) is 0.838. The van der Waals surface area contributed by atoms with Gasteiger partial charge in [-0.2, -0.15) is 0 Å². The van der Waals surface area contributed by atoms with Gasteiger partial charge in [0.05, 0.1) is 11.6 Å². The van der Waals surface area contributed by atoms with Crippen molar-refractivity contribution < 1.29 is 9.13 Å². The van der Waals surface area contributed by atoms with Crippen LogP contribution >= 0.6 is 0 Å². The van der Waals surface area contributed by atoms with Gasteiger partial charge in [0, 0.05) is 6.61 Å². The molecule has 0 bridgehead atoms. The van der Waals surface area contributed by atoms with Crippen LogP contribution in [-0.2, 0) is 4.74 Å². The van der Waals surface area contributed by atoms with Crippen molar-refractivity contribution in [3.8, 4) is 0 Å². The molecule has 0 saturated heterocycles. The third-order valence-corrected chi connectivity index (χ3v) is 3.75. The molecule has 3 heteroatoms. The van der Waals surface area contributed by atoms with Crippen molar-refractivity contribution in [2.24, 2.45) is 5.73 Å². The minimum absolute atomic E-state index is 0.208. The van der Waals surface area contributed by atoms with Gasteiger partial charge in [0.15, 0.2) is 0 Å². The maximum Gasteiger partial charge on any atom is 0.126 e. The van der Waals surface area contributed by atoms with Gasteiger partial charge in [0.2, 0.25) is 0 Å². The highest BCUT2D eigenvalue weighted by Gasteiger charge is 2.35. The summed E-state index contributed by atoms with van der Waals surface area (Å²) in [5.41, 5.74) is 7.34. The third kappa shape index (κ3) is 2.90. The van der Waals surface area contributed by atoms with Crippen molar-refractivity contribution in [2.45, 2.75) is 52.2 Å². The molecule has 1 aromatic rings. The molecule has 0 aliphatic rings. The predicted molar refractivity (Wildman–Crippen MR) is 73.0 cm³/mol. The molecule has 1 unspecified atom stereocenters. The Morgan fingerprint density at radius 3 is 2.33 bits per heavy atom. The standard InChI is InChI=1S/C15H24FNO/c1-5-15(6-2,18-7-3)14(17)12-9-8-11(4)13(16)10-12/h8-10,14H,5-7,17H2,1-4H3. The number of rotatable bonds is 6. The summed E-state index contributed by atoms with van der Waals surface area (Å²) in [4.78, 5) is 0. The van der Waals surface area contributed by atoms with E-state index in [2.05, 4.69) is 13.8 Å². The van der Waals surface area contributed by atoms with Crippen LogP contribution in [0.5, 0.6) is 0 Å². The molecule has 2 nitrogen and oxygen atoms in total. The van der Waals surface area contributed by atoms with Gasteiger partial charge in [-0.3, -0.25) is 0 Å². The molecule has 0 saturated carbocycles. The number of ether oxygens (including phenoxy) is 1. The lowest BCUT2D eigenvalue weighted by Crippen LogP contribution is -2.43. The third-order valence-electron chi connectivity index (χ3n) is 3.75. The average molecular weight is 253 g/mol. The van der Waals surface area contributed by atoms with Crippen molar-refractivity contribution in [3.05, 3.63) is 35.1 Å². The van der Waals surface area contributed by atoms with Gasteiger partial charge < -0.3 is 10.5 Å². The van der Waals surface area contributed by atoms with E-state index in [0.717, 1.165) is 18.4 Å². The van der Waals surface area contributed by atoms with Gasteiger partial charge in [0.25, 0.3) is 0 Å². The van der Waals surface area contributed by atoms with Crippen molar-refractivity contribution in [3.63, 3.8) is 0 Å². The molecule has 0 aliphatic carbocycles. The Bertz CT molecular complexity index is 388. The second-order valence-corrected chi connectivity index (χ2v) is 4.69. The van der Waals surface area contributed by atoms with Crippen LogP contribution in [-0.4, -0.2) is 12.2 Å². The number of aryl methyl sites for hydroxylation is 1. The van der Waals surface area contributed by atoms with Gasteiger partial charge in [-0.15, -0.1) is 0 Å². The summed E-state index contributed by atoms with van der Waals surface area (Å²) < 4.78 is 19.5. The van der Waals surface area contributed by atoms with Crippen LogP contribution in [0.15, 0.2) is 18.2 Å². The topological polar surface area (TPSA) is 35.2 Å². The van der Waals surface area contributed by atoms with Gasteiger partial charge in [-0.25, -0.2) is 4.39 Å². The van der Waals surface area contributed by atoms with E-state index in [-0.39, 0.29) is 11.9 Å². The minimum atomic E-state index is -0.406. The summed E-state index contributed by atoms with van der Waals surface area (Å²) in [5.74, 6) is -0.208. The summed E-state index contributed by atoms with van der Waals surface area (Å²) in [6, 6.07) is 4.89. The molecule has 1 aromatic carbocycles. The Labute approximate surface area is 109 Å². The second kappa shape index (κ2) is 6.30. The molecule has 1 atom stereocenters. The van der Waals surface area contributed by atoms with Crippen molar-refractivity contribution in [1.29, 1.82) is 0 Å². The Kier molecular flexibility index (Phi) is 5.29. The van der Waals surface area contributed by atoms with Gasteiger partial charge in [0.1, 0.15) is 5.82 Å². The first-order valence-electron chi connectivity index (χ1n) is 6.66. The lowest BCUT2D eigenvalue weighted by atomic mass is 9.84. The van der Waals surface area contributed by atoms with Crippen LogP contribution in [0.2, 0.25) is 0 Å². The van der Waals surface area contributed by atoms with Gasteiger partial charge in [-0.1, -0.05) is 26.0 Å². The molecule has 0 radical (unpaired) electrons. The van der Waals surface area contributed by atoms with Crippen molar-refractivity contribution in [1.82, 2.24) is 0 Å². The molecule has 0 fully saturated rings. The fourth-order valence-electron chi connectivity index (χ4n) is 2.38. The van der Waals surface area contributed by atoms with E-state index in [1.54, 1.807) is 13.0 Å². The molecule has 0 aromatic heterocycles. The van der Waals surface area contributed by atoms with Gasteiger partial charge in [-0.05, 0) is 43.9 Å². The number of hydrogen-bond donors (Lipinski definition) is 1. The average Bonchev–Trinajstić information content (AvgIpc) is 2.38. The number of nitrogens with two attached hydrogens (primary N) is 1. The highest BCUT2D eigenvalue weighted by atomic mass is 19.1. The summed E-state index contributed by atoms with van der Waals surface area (Å²) in [6.45, 7) is 8.44. The Morgan fingerprint density at radius 1 is 1.28 bits per heavy atom. The largest absolute Gasteiger partial charge is 0.373 e. The fraction of sp³-hybridized carbons (Fsp3) is 0.600. The first-order chi connectivity index (χ1) is 8.50. The van der Waals surface area contributed by atoms with Crippen LogP contribution in [0.1, 0.15) is 50.8 Å². The normalized spacial score (nSPS) is 13.7. The number of hydrogen-bond acceptors (Lipinski definition) is 2. The summed E-state index contributed by atoms with van der Waals surface area (Å²) in [6.07, 6.45) is 1.63. The van der Waals surface area contributed by atoms with Crippen LogP contribution in [0.3, 0.4) is 0 Å². The molecule has 0 amide bonds. The molecular formula is C15H24FNO. The summed E-state index contributed by atoms with van der Waals surface area (Å²) in [5, 5.41) is 0.